The van der Waals surface area contributed by atoms with E-state index in [1.807, 2.05) is 24.3 Å². The summed E-state index contributed by atoms with van der Waals surface area (Å²) in [7, 11) is 0. The van der Waals surface area contributed by atoms with Crippen LogP contribution >= 0.6 is 0 Å². The molecule has 0 spiro atoms. The van der Waals surface area contributed by atoms with Gasteiger partial charge in [-0.15, -0.1) is 0 Å². The largest absolute Gasteiger partial charge is 0.428 e. The lowest BCUT2D eigenvalue weighted by molar-refractivity contribution is -0.135. The van der Waals surface area contributed by atoms with E-state index < -0.39 is 11.9 Å². The second-order valence-electron chi connectivity index (χ2n) is 4.90. The minimum Gasteiger partial charge on any atom is -0.428 e. The van der Waals surface area contributed by atoms with Crippen molar-refractivity contribution in [2.45, 2.75) is 25.7 Å². The zero-order valence-corrected chi connectivity index (χ0v) is 12.3. The molecule has 0 aliphatic heterocycles. The average Bonchev–Trinajstić information content (AvgIpc) is 2.56. The average molecular weight is 298 g/mol. The van der Waals surface area contributed by atoms with Crippen LogP contribution in [-0.2, 0) is 19.1 Å². The Morgan fingerprint density at radius 3 is 1.45 bits per heavy atom. The molecular formula is C18H18O4. The molecule has 0 saturated heterocycles. The summed E-state index contributed by atoms with van der Waals surface area (Å²) < 4.78 is 10.2. The molecule has 22 heavy (non-hydrogen) atoms. The number of ether oxygens (including phenoxy) is 2. The second kappa shape index (κ2) is 7.41. The van der Waals surface area contributed by atoms with Gasteiger partial charge < -0.3 is 9.47 Å². The monoisotopic (exact) mass is 298 g/mol. The third kappa shape index (κ3) is 4.19. The summed E-state index contributed by atoms with van der Waals surface area (Å²) in [6, 6.07) is 0. The first-order valence-electron chi connectivity index (χ1n) is 7.10. The number of allylic oxidation sites excluding steroid dienone is 8. The summed E-state index contributed by atoms with van der Waals surface area (Å²) in [6.07, 6.45) is 12.9. The molecule has 0 amide bonds. The minimum atomic E-state index is -0.434. The lowest BCUT2D eigenvalue weighted by Gasteiger charge is -2.19. The van der Waals surface area contributed by atoms with E-state index in [0.29, 0.717) is 24.4 Å². The maximum Gasteiger partial charge on any atom is 0.335 e. The van der Waals surface area contributed by atoms with E-state index in [2.05, 4.69) is 13.2 Å². The molecule has 4 nitrogen and oxygen atoms in total. The minimum absolute atomic E-state index is 0.434. The van der Waals surface area contributed by atoms with Crippen LogP contribution in [0.3, 0.4) is 0 Å². The molecule has 0 N–H and O–H groups in total. The quantitative estimate of drug-likeness (QED) is 0.574. The van der Waals surface area contributed by atoms with Crippen LogP contribution in [0.2, 0.25) is 0 Å². The zero-order chi connectivity index (χ0) is 15.9. The molecule has 2 aliphatic carbocycles. The van der Waals surface area contributed by atoms with Gasteiger partial charge in [-0.25, -0.2) is 9.59 Å². The van der Waals surface area contributed by atoms with E-state index in [1.165, 1.54) is 11.1 Å². The van der Waals surface area contributed by atoms with Crippen LogP contribution in [0.5, 0.6) is 0 Å². The summed E-state index contributed by atoms with van der Waals surface area (Å²) in [6.45, 7) is 6.75. The van der Waals surface area contributed by atoms with E-state index in [-0.39, 0.29) is 0 Å². The molecule has 0 atom stereocenters. The molecule has 4 heteroatoms. The molecular weight excluding hydrogens is 280 g/mol. The summed E-state index contributed by atoms with van der Waals surface area (Å²) in [5.41, 5.74) is 2.42. The van der Waals surface area contributed by atoms with E-state index in [9.17, 15) is 9.59 Å². The van der Waals surface area contributed by atoms with Gasteiger partial charge in [0.1, 0.15) is 11.5 Å². The van der Waals surface area contributed by atoms with Gasteiger partial charge in [-0.05, 0) is 36.1 Å². The normalized spacial score (nSPS) is 17.3. The molecule has 0 aromatic carbocycles. The van der Waals surface area contributed by atoms with Crippen molar-refractivity contribution in [3.63, 3.8) is 0 Å². The van der Waals surface area contributed by atoms with E-state index in [0.717, 1.165) is 25.0 Å². The van der Waals surface area contributed by atoms with E-state index in [4.69, 9.17) is 9.47 Å². The Morgan fingerprint density at radius 1 is 0.773 bits per heavy atom. The maximum atomic E-state index is 11.1. The van der Waals surface area contributed by atoms with Gasteiger partial charge >= 0.3 is 11.9 Å². The molecule has 0 unspecified atom stereocenters. The van der Waals surface area contributed by atoms with Crippen molar-refractivity contribution < 1.29 is 19.1 Å². The Bertz CT molecular complexity index is 573. The first-order valence-corrected chi connectivity index (χ1v) is 7.10. The highest BCUT2D eigenvalue weighted by Crippen LogP contribution is 2.31. The van der Waals surface area contributed by atoms with Crippen LogP contribution in [-0.4, -0.2) is 11.9 Å². The molecule has 0 fully saturated rings. The fourth-order valence-corrected chi connectivity index (χ4v) is 2.28. The van der Waals surface area contributed by atoms with Gasteiger partial charge in [-0.3, -0.25) is 0 Å². The topological polar surface area (TPSA) is 52.6 Å². The molecule has 0 aromatic heterocycles. The van der Waals surface area contributed by atoms with Crippen LogP contribution in [0, 0.1) is 0 Å². The van der Waals surface area contributed by atoms with Crippen molar-refractivity contribution >= 4 is 11.9 Å². The van der Waals surface area contributed by atoms with Crippen molar-refractivity contribution in [3.8, 4) is 0 Å². The smallest absolute Gasteiger partial charge is 0.335 e. The van der Waals surface area contributed by atoms with Crippen LogP contribution < -0.4 is 0 Å². The van der Waals surface area contributed by atoms with Gasteiger partial charge in [0.05, 0.1) is 0 Å². The molecule has 2 aliphatic rings. The number of esters is 2. The highest BCUT2D eigenvalue weighted by atomic mass is 16.5. The van der Waals surface area contributed by atoms with Crippen molar-refractivity contribution in [1.82, 2.24) is 0 Å². The summed E-state index contributed by atoms with van der Waals surface area (Å²) in [4.78, 5) is 22.3. The van der Waals surface area contributed by atoms with Crippen molar-refractivity contribution in [3.05, 3.63) is 72.3 Å². The molecule has 0 aromatic rings. The fraction of sp³-hybridized carbons (Fsp3) is 0.222. The predicted octanol–water partition coefficient (Wildman–Crippen LogP) is 3.65. The van der Waals surface area contributed by atoms with Gasteiger partial charge in [0, 0.05) is 25.0 Å². The maximum absolute atomic E-state index is 11.1. The Labute approximate surface area is 129 Å². The van der Waals surface area contributed by atoms with Crippen molar-refractivity contribution in [2.24, 2.45) is 0 Å². The molecule has 0 heterocycles. The molecule has 2 rings (SSSR count). The highest BCUT2D eigenvalue weighted by Gasteiger charge is 2.16. The number of hydrogen-bond donors (Lipinski definition) is 0. The first kappa shape index (κ1) is 15.8. The number of carbonyl (C=O) groups is 2. The summed E-state index contributed by atoms with van der Waals surface area (Å²) >= 11 is 0. The van der Waals surface area contributed by atoms with Gasteiger partial charge in [0.25, 0.3) is 0 Å². The van der Waals surface area contributed by atoms with E-state index >= 15 is 0 Å². The van der Waals surface area contributed by atoms with Gasteiger partial charge in [-0.2, -0.15) is 0 Å². The van der Waals surface area contributed by atoms with E-state index in [1.54, 1.807) is 0 Å². The zero-order valence-electron chi connectivity index (χ0n) is 12.3. The third-order valence-corrected chi connectivity index (χ3v) is 3.43. The highest BCUT2D eigenvalue weighted by molar-refractivity contribution is 5.82. The first-order chi connectivity index (χ1) is 10.6. The number of carbonyl (C=O) groups excluding carboxylic acids is 2. The SMILES string of the molecule is C=CC(=O)OC1=CC=C(C2=CC=C(OC(=O)C=C)CC2)CC1. The molecule has 0 saturated carbocycles. The van der Waals surface area contributed by atoms with Gasteiger partial charge in [0.15, 0.2) is 0 Å². The summed E-state index contributed by atoms with van der Waals surface area (Å²) in [5.74, 6) is 0.440. The lowest BCUT2D eigenvalue weighted by atomic mass is 9.90. The van der Waals surface area contributed by atoms with Crippen LogP contribution in [0.4, 0.5) is 0 Å². The molecule has 114 valence electrons. The Morgan fingerprint density at radius 2 is 1.18 bits per heavy atom. The predicted molar refractivity (Wildman–Crippen MR) is 83.4 cm³/mol. The number of hydrogen-bond acceptors (Lipinski definition) is 4. The fourth-order valence-electron chi connectivity index (χ4n) is 2.28. The molecule has 0 radical (unpaired) electrons. The van der Waals surface area contributed by atoms with Crippen molar-refractivity contribution in [1.29, 1.82) is 0 Å². The Hall–Kier alpha value is -2.62. The van der Waals surface area contributed by atoms with Gasteiger partial charge in [0.2, 0.25) is 0 Å². The van der Waals surface area contributed by atoms with Crippen LogP contribution in [0.1, 0.15) is 25.7 Å². The summed E-state index contributed by atoms with van der Waals surface area (Å²) in [5, 5.41) is 0. The van der Waals surface area contributed by atoms with Gasteiger partial charge in [-0.1, -0.05) is 25.3 Å². The second-order valence-corrected chi connectivity index (χ2v) is 4.90. The lowest BCUT2D eigenvalue weighted by Crippen LogP contribution is -2.07. The standard InChI is InChI=1S/C18H18O4/c1-3-17(19)21-15-9-5-13(6-10-15)14-7-11-16(12-8-14)22-18(20)4-2/h3-5,7,9,11H,1-2,6,8,10,12H2. The van der Waals surface area contributed by atoms with Crippen LogP contribution in [0.15, 0.2) is 72.3 Å². The Balaban J connectivity index is 2.01. The number of rotatable bonds is 5. The third-order valence-electron chi connectivity index (χ3n) is 3.43. The Kier molecular flexibility index (Phi) is 5.31. The van der Waals surface area contributed by atoms with Crippen LogP contribution in [0.25, 0.3) is 0 Å². The molecule has 0 bridgehead atoms. The van der Waals surface area contributed by atoms with Crippen molar-refractivity contribution in [2.75, 3.05) is 0 Å².